The molecule has 0 aliphatic heterocycles. The number of hydrogen-bond donors (Lipinski definition) is 1. The lowest BCUT2D eigenvalue weighted by atomic mass is 9.87. The summed E-state index contributed by atoms with van der Waals surface area (Å²) in [7, 11) is 0. The van der Waals surface area contributed by atoms with Gasteiger partial charge in [-0.2, -0.15) is 0 Å². The normalized spacial score (nSPS) is 11.4. The van der Waals surface area contributed by atoms with Crippen LogP contribution in [0.2, 0.25) is 0 Å². The molecule has 292 valence electrons. The molecule has 0 bridgehead atoms. The number of rotatable bonds is 8. The lowest BCUT2D eigenvalue weighted by Crippen LogP contribution is -2.03. The number of benzene rings is 10. The van der Waals surface area contributed by atoms with E-state index < -0.39 is 0 Å². The van der Waals surface area contributed by atoms with Gasteiger partial charge in [0.2, 0.25) is 0 Å². The summed E-state index contributed by atoms with van der Waals surface area (Å²) in [6.07, 6.45) is 0. The van der Waals surface area contributed by atoms with E-state index in [9.17, 15) is 0 Å². The third-order valence-corrected chi connectivity index (χ3v) is 11.7. The van der Waals surface area contributed by atoms with Gasteiger partial charge in [0.15, 0.2) is 17.5 Å². The summed E-state index contributed by atoms with van der Waals surface area (Å²) in [5.41, 5.74) is 15.0. The molecule has 11 aromatic rings. The number of nitrogens with two attached hydrogens (primary N) is 1. The minimum absolute atomic E-state index is 0.486. The molecule has 62 heavy (non-hydrogen) atoms. The van der Waals surface area contributed by atoms with Crippen LogP contribution < -0.4 is 10.5 Å². The molecule has 5 nitrogen and oxygen atoms in total. The van der Waals surface area contributed by atoms with E-state index in [1.54, 1.807) is 0 Å². The van der Waals surface area contributed by atoms with Gasteiger partial charge < -0.3 is 10.5 Å². The van der Waals surface area contributed by atoms with E-state index in [2.05, 4.69) is 164 Å². The SMILES string of the molecule is C=C(Oc1ccccc1N)c1ccc(-c2nc(-c3c4ccccc4c(-c4ccccc4)c4ccccc34)nc(-c3c4ccccc4c(-c4ccccc4)c4ccccc34)n2)cc1. The highest BCUT2D eigenvalue weighted by molar-refractivity contribution is 6.22. The maximum absolute atomic E-state index is 6.20. The second-order valence-corrected chi connectivity index (χ2v) is 15.4. The van der Waals surface area contributed by atoms with Crippen molar-refractivity contribution in [3.05, 3.63) is 218 Å². The number of nitrogen functional groups attached to an aromatic ring is 1. The monoisotopic (exact) mass is 794 g/mol. The number of para-hydroxylation sites is 2. The zero-order chi connectivity index (χ0) is 41.6. The highest BCUT2D eigenvalue weighted by atomic mass is 16.5. The van der Waals surface area contributed by atoms with Crippen LogP contribution >= 0.6 is 0 Å². The first-order valence-electron chi connectivity index (χ1n) is 20.7. The molecule has 11 rings (SSSR count). The fraction of sp³-hybridized carbons (Fsp3) is 0. The molecule has 0 aliphatic carbocycles. The molecule has 0 saturated heterocycles. The molecule has 0 atom stereocenters. The summed E-state index contributed by atoms with van der Waals surface area (Å²) in [6.45, 7) is 4.23. The van der Waals surface area contributed by atoms with E-state index in [1.807, 2.05) is 48.5 Å². The zero-order valence-corrected chi connectivity index (χ0v) is 33.7. The Bertz CT molecular complexity index is 3220. The number of hydrogen-bond acceptors (Lipinski definition) is 5. The van der Waals surface area contributed by atoms with Crippen LogP contribution in [0.5, 0.6) is 5.75 Å². The topological polar surface area (TPSA) is 73.9 Å². The molecule has 0 amide bonds. The van der Waals surface area contributed by atoms with Gasteiger partial charge in [0.25, 0.3) is 0 Å². The van der Waals surface area contributed by atoms with Crippen LogP contribution in [0.25, 0.3) is 105 Å². The maximum Gasteiger partial charge on any atom is 0.165 e. The Balaban J connectivity index is 1.19. The van der Waals surface area contributed by atoms with Crippen LogP contribution in [0.3, 0.4) is 0 Å². The summed E-state index contributed by atoms with van der Waals surface area (Å²) >= 11 is 0. The molecule has 1 aromatic heterocycles. The molecule has 10 aromatic carbocycles. The van der Waals surface area contributed by atoms with E-state index in [4.69, 9.17) is 25.4 Å². The molecule has 0 unspecified atom stereocenters. The zero-order valence-electron chi connectivity index (χ0n) is 33.7. The van der Waals surface area contributed by atoms with Gasteiger partial charge in [-0.1, -0.05) is 201 Å². The molecule has 0 saturated carbocycles. The van der Waals surface area contributed by atoms with E-state index >= 15 is 0 Å². The first kappa shape index (κ1) is 36.7. The van der Waals surface area contributed by atoms with Gasteiger partial charge in [-0.05, 0) is 77.5 Å². The third-order valence-electron chi connectivity index (χ3n) is 11.7. The van der Waals surface area contributed by atoms with Gasteiger partial charge in [0.1, 0.15) is 11.5 Å². The van der Waals surface area contributed by atoms with E-state index in [0.29, 0.717) is 34.7 Å². The molecule has 2 N–H and O–H groups in total. The smallest absolute Gasteiger partial charge is 0.165 e. The molecular formula is C57H38N4O. The van der Waals surface area contributed by atoms with Crippen molar-refractivity contribution in [3.8, 4) is 62.2 Å². The summed E-state index contributed by atoms with van der Waals surface area (Å²) < 4.78 is 6.12. The number of aromatic nitrogens is 3. The van der Waals surface area contributed by atoms with Crippen LogP contribution in [0, 0.1) is 0 Å². The van der Waals surface area contributed by atoms with Crippen LogP contribution in [0.4, 0.5) is 5.69 Å². The van der Waals surface area contributed by atoms with Gasteiger partial charge in [-0.3, -0.25) is 0 Å². The van der Waals surface area contributed by atoms with Gasteiger partial charge in [-0.15, -0.1) is 0 Å². The van der Waals surface area contributed by atoms with Crippen LogP contribution in [0.1, 0.15) is 5.56 Å². The maximum atomic E-state index is 6.20. The Morgan fingerprint density at radius 1 is 0.339 bits per heavy atom. The number of anilines is 1. The second kappa shape index (κ2) is 15.3. The molecule has 0 radical (unpaired) electrons. The van der Waals surface area contributed by atoms with E-state index in [-0.39, 0.29) is 0 Å². The van der Waals surface area contributed by atoms with E-state index in [1.165, 1.54) is 11.1 Å². The summed E-state index contributed by atoms with van der Waals surface area (Å²) in [5, 5.41) is 8.75. The summed E-state index contributed by atoms with van der Waals surface area (Å²) in [4.78, 5) is 16.3. The Morgan fingerprint density at radius 2 is 0.677 bits per heavy atom. The molecule has 0 fully saturated rings. The van der Waals surface area contributed by atoms with Gasteiger partial charge >= 0.3 is 0 Å². The van der Waals surface area contributed by atoms with Crippen LogP contribution in [-0.2, 0) is 0 Å². The lowest BCUT2D eigenvalue weighted by Gasteiger charge is -2.19. The molecular weight excluding hydrogens is 757 g/mol. The van der Waals surface area contributed by atoms with Gasteiger partial charge in [0, 0.05) is 22.3 Å². The molecule has 5 heteroatoms. The van der Waals surface area contributed by atoms with Crippen molar-refractivity contribution in [2.24, 2.45) is 0 Å². The first-order valence-corrected chi connectivity index (χ1v) is 20.7. The predicted molar refractivity (Wildman–Crippen MR) is 258 cm³/mol. The Labute approximate surface area is 359 Å². The van der Waals surface area contributed by atoms with Crippen LogP contribution in [-0.4, -0.2) is 15.0 Å². The molecule has 1 heterocycles. The fourth-order valence-electron chi connectivity index (χ4n) is 8.87. The highest BCUT2D eigenvalue weighted by Crippen LogP contribution is 2.46. The van der Waals surface area contributed by atoms with Crippen molar-refractivity contribution in [3.63, 3.8) is 0 Å². The summed E-state index contributed by atoms with van der Waals surface area (Å²) in [5.74, 6) is 2.78. The standard InChI is InChI=1S/C57H38N4O/c1-36(62-50-31-17-16-30-49(50)58)37-32-34-40(35-33-37)55-59-56(53-45-26-12-8-22-41(45)51(38-18-4-2-5-19-38)42-23-9-13-27-46(42)53)61-57(60-55)54-47-28-14-10-24-43(47)52(39-20-6-3-7-21-39)44-25-11-15-29-48(44)54/h2-35H,1,58H2. The Morgan fingerprint density at radius 3 is 1.08 bits per heavy atom. The van der Waals surface area contributed by atoms with Crippen molar-refractivity contribution in [2.75, 3.05) is 5.73 Å². The van der Waals surface area contributed by atoms with Crippen molar-refractivity contribution in [1.82, 2.24) is 15.0 Å². The third kappa shape index (κ3) is 6.32. The first-order chi connectivity index (χ1) is 30.6. The van der Waals surface area contributed by atoms with Crippen LogP contribution in [0.15, 0.2) is 213 Å². The second-order valence-electron chi connectivity index (χ2n) is 15.4. The average molecular weight is 795 g/mol. The Kier molecular flexibility index (Phi) is 9.06. The quantitative estimate of drug-likeness (QED) is 0.0942. The van der Waals surface area contributed by atoms with Crippen molar-refractivity contribution in [2.45, 2.75) is 0 Å². The number of ether oxygens (including phenoxy) is 1. The fourth-order valence-corrected chi connectivity index (χ4v) is 8.87. The average Bonchev–Trinajstić information content (AvgIpc) is 3.33. The van der Waals surface area contributed by atoms with E-state index in [0.717, 1.165) is 76.5 Å². The highest BCUT2D eigenvalue weighted by Gasteiger charge is 2.23. The predicted octanol–water partition coefficient (Wildman–Crippen LogP) is 14.5. The largest absolute Gasteiger partial charge is 0.455 e. The lowest BCUT2D eigenvalue weighted by molar-refractivity contribution is 0.519. The number of nitrogens with zero attached hydrogens (tertiary/aromatic N) is 3. The Hall–Kier alpha value is -8.41. The molecule has 0 aliphatic rings. The molecule has 0 spiro atoms. The van der Waals surface area contributed by atoms with Gasteiger partial charge in [-0.25, -0.2) is 15.0 Å². The minimum atomic E-state index is 0.486. The number of fused-ring (bicyclic) bond motifs is 4. The summed E-state index contributed by atoms with van der Waals surface area (Å²) in [6, 6.07) is 71.0. The van der Waals surface area contributed by atoms with Gasteiger partial charge in [0.05, 0.1) is 5.69 Å². The van der Waals surface area contributed by atoms with Crippen molar-refractivity contribution < 1.29 is 4.74 Å². The minimum Gasteiger partial charge on any atom is -0.455 e. The van der Waals surface area contributed by atoms with Crippen molar-refractivity contribution >= 4 is 54.5 Å². The van der Waals surface area contributed by atoms with Crippen molar-refractivity contribution in [1.29, 1.82) is 0 Å².